The first-order valence-corrected chi connectivity index (χ1v) is 6.49. The lowest BCUT2D eigenvalue weighted by Gasteiger charge is -2.12. The fourth-order valence-corrected chi connectivity index (χ4v) is 2.41. The van der Waals surface area contributed by atoms with Crippen molar-refractivity contribution in [3.8, 4) is 0 Å². The van der Waals surface area contributed by atoms with E-state index in [2.05, 4.69) is 17.3 Å². The van der Waals surface area contributed by atoms with Gasteiger partial charge in [0, 0.05) is 29.9 Å². The molecule has 0 saturated carbocycles. The van der Waals surface area contributed by atoms with E-state index < -0.39 is 5.97 Å². The van der Waals surface area contributed by atoms with Crippen LogP contribution in [0, 0.1) is 0 Å². The summed E-state index contributed by atoms with van der Waals surface area (Å²) in [5.74, 6) is -0.865. The predicted octanol–water partition coefficient (Wildman–Crippen LogP) is 1.82. The maximum absolute atomic E-state index is 10.7. The van der Waals surface area contributed by atoms with Crippen molar-refractivity contribution in [3.05, 3.63) is 40.3 Å². The van der Waals surface area contributed by atoms with Gasteiger partial charge < -0.3 is 10.4 Å². The van der Waals surface area contributed by atoms with Crippen LogP contribution in [0.25, 0.3) is 0 Å². The molecule has 0 spiro atoms. The Morgan fingerprint density at radius 3 is 3.06 bits per heavy atom. The van der Waals surface area contributed by atoms with Gasteiger partial charge in [-0.25, -0.2) is 4.79 Å². The van der Waals surface area contributed by atoms with Gasteiger partial charge in [-0.2, -0.15) is 5.10 Å². The van der Waals surface area contributed by atoms with Gasteiger partial charge in [0.1, 0.15) is 4.88 Å². The monoisotopic (exact) mass is 265 g/mol. The summed E-state index contributed by atoms with van der Waals surface area (Å²) >= 11 is 1.31. The molecule has 5 nitrogen and oxygen atoms in total. The molecular formula is C12H15N3O2S. The fourth-order valence-electron chi connectivity index (χ4n) is 1.62. The lowest BCUT2D eigenvalue weighted by Crippen LogP contribution is -2.29. The number of carboxylic acid groups (broad SMARTS) is 1. The SMILES string of the molecule is CC(Cn1cccn1)NCc1ccc(C(=O)O)s1. The molecule has 2 rings (SSSR count). The van der Waals surface area contributed by atoms with Gasteiger partial charge in [0.05, 0.1) is 6.54 Å². The Kier molecular flexibility index (Phi) is 4.11. The molecule has 1 atom stereocenters. The second-order valence-corrected chi connectivity index (χ2v) is 5.25. The highest BCUT2D eigenvalue weighted by Crippen LogP contribution is 2.16. The van der Waals surface area contributed by atoms with Crippen LogP contribution < -0.4 is 5.32 Å². The van der Waals surface area contributed by atoms with Crippen LogP contribution in [0.5, 0.6) is 0 Å². The molecular weight excluding hydrogens is 250 g/mol. The van der Waals surface area contributed by atoms with Gasteiger partial charge in [0.2, 0.25) is 0 Å². The molecule has 96 valence electrons. The third-order valence-corrected chi connectivity index (χ3v) is 3.59. The summed E-state index contributed by atoms with van der Waals surface area (Å²) in [7, 11) is 0. The van der Waals surface area contributed by atoms with Crippen molar-refractivity contribution in [2.75, 3.05) is 0 Å². The number of carbonyl (C=O) groups is 1. The van der Waals surface area contributed by atoms with Crippen molar-refractivity contribution in [2.24, 2.45) is 0 Å². The second-order valence-electron chi connectivity index (χ2n) is 4.08. The molecule has 2 heterocycles. The molecule has 0 bridgehead atoms. The van der Waals surface area contributed by atoms with Gasteiger partial charge in [-0.1, -0.05) is 0 Å². The largest absolute Gasteiger partial charge is 0.477 e. The molecule has 0 aliphatic heterocycles. The van der Waals surface area contributed by atoms with Crippen LogP contribution in [-0.4, -0.2) is 26.9 Å². The predicted molar refractivity (Wildman–Crippen MR) is 69.8 cm³/mol. The average molecular weight is 265 g/mol. The maximum atomic E-state index is 10.7. The van der Waals surface area contributed by atoms with Crippen molar-refractivity contribution < 1.29 is 9.90 Å². The summed E-state index contributed by atoms with van der Waals surface area (Å²) < 4.78 is 1.87. The molecule has 2 aromatic rings. The third-order valence-electron chi connectivity index (χ3n) is 2.52. The van der Waals surface area contributed by atoms with E-state index in [1.54, 1.807) is 12.3 Å². The number of nitrogens with one attached hydrogen (secondary N) is 1. The number of thiophene rings is 1. The molecule has 0 fully saturated rings. The van der Waals surface area contributed by atoms with Crippen molar-refractivity contribution in [1.29, 1.82) is 0 Å². The Hall–Kier alpha value is -1.66. The summed E-state index contributed by atoms with van der Waals surface area (Å²) in [5, 5.41) is 16.3. The van der Waals surface area contributed by atoms with Crippen LogP contribution in [0.2, 0.25) is 0 Å². The number of carboxylic acids is 1. The number of nitrogens with zero attached hydrogens (tertiary/aromatic N) is 2. The minimum Gasteiger partial charge on any atom is -0.477 e. The van der Waals surface area contributed by atoms with E-state index in [-0.39, 0.29) is 6.04 Å². The standard InChI is InChI=1S/C12H15N3O2S/c1-9(8-15-6-2-5-14-15)13-7-10-3-4-11(18-10)12(16)17/h2-6,9,13H,7-8H2,1H3,(H,16,17). The number of hydrogen-bond acceptors (Lipinski definition) is 4. The highest BCUT2D eigenvalue weighted by Gasteiger charge is 2.08. The van der Waals surface area contributed by atoms with Crippen LogP contribution in [-0.2, 0) is 13.1 Å². The smallest absolute Gasteiger partial charge is 0.345 e. The zero-order valence-electron chi connectivity index (χ0n) is 10.0. The number of hydrogen-bond donors (Lipinski definition) is 2. The van der Waals surface area contributed by atoms with E-state index in [4.69, 9.17) is 5.11 Å². The van der Waals surface area contributed by atoms with Crippen molar-refractivity contribution in [2.45, 2.75) is 26.1 Å². The average Bonchev–Trinajstić information content (AvgIpc) is 2.96. The maximum Gasteiger partial charge on any atom is 0.345 e. The molecule has 0 radical (unpaired) electrons. The number of aromatic carboxylic acids is 1. The van der Waals surface area contributed by atoms with E-state index in [9.17, 15) is 4.79 Å². The molecule has 2 N–H and O–H groups in total. The Labute approximate surface area is 109 Å². The summed E-state index contributed by atoms with van der Waals surface area (Å²) in [6.07, 6.45) is 3.68. The van der Waals surface area contributed by atoms with Crippen LogP contribution >= 0.6 is 11.3 Å². The fraction of sp³-hybridized carbons (Fsp3) is 0.333. The Morgan fingerprint density at radius 2 is 2.44 bits per heavy atom. The van der Waals surface area contributed by atoms with Gasteiger partial charge in [-0.3, -0.25) is 4.68 Å². The lowest BCUT2D eigenvalue weighted by molar-refractivity contribution is 0.0702. The summed E-state index contributed by atoms with van der Waals surface area (Å²) in [6.45, 7) is 3.55. The first-order valence-electron chi connectivity index (χ1n) is 5.68. The molecule has 18 heavy (non-hydrogen) atoms. The Balaban J connectivity index is 1.81. The Bertz CT molecular complexity index is 507. The number of rotatable bonds is 6. The third kappa shape index (κ3) is 3.41. The minimum atomic E-state index is -0.865. The van der Waals surface area contributed by atoms with E-state index in [0.717, 1.165) is 11.4 Å². The quantitative estimate of drug-likeness (QED) is 0.836. The zero-order chi connectivity index (χ0) is 13.0. The molecule has 0 amide bonds. The summed E-state index contributed by atoms with van der Waals surface area (Å²) in [4.78, 5) is 12.2. The lowest BCUT2D eigenvalue weighted by atomic mass is 10.3. The first-order chi connectivity index (χ1) is 8.65. The molecule has 1 unspecified atom stereocenters. The van der Waals surface area contributed by atoms with Gasteiger partial charge >= 0.3 is 5.97 Å². The minimum absolute atomic E-state index is 0.278. The molecule has 6 heteroatoms. The topological polar surface area (TPSA) is 67.2 Å². The molecule has 0 saturated heterocycles. The number of aromatic nitrogens is 2. The van der Waals surface area contributed by atoms with Crippen molar-refractivity contribution >= 4 is 17.3 Å². The highest BCUT2D eigenvalue weighted by atomic mass is 32.1. The molecule has 2 aromatic heterocycles. The van der Waals surface area contributed by atoms with E-state index in [0.29, 0.717) is 11.4 Å². The normalized spacial score (nSPS) is 12.5. The van der Waals surface area contributed by atoms with Crippen molar-refractivity contribution in [1.82, 2.24) is 15.1 Å². The van der Waals surface area contributed by atoms with Crippen LogP contribution in [0.1, 0.15) is 21.5 Å². The van der Waals surface area contributed by atoms with E-state index in [1.807, 2.05) is 23.0 Å². The van der Waals surface area contributed by atoms with Gasteiger partial charge in [0.25, 0.3) is 0 Å². The summed E-state index contributed by atoms with van der Waals surface area (Å²) in [6, 6.07) is 5.66. The van der Waals surface area contributed by atoms with Crippen LogP contribution in [0.15, 0.2) is 30.6 Å². The molecule has 0 aliphatic carbocycles. The van der Waals surface area contributed by atoms with E-state index >= 15 is 0 Å². The highest BCUT2D eigenvalue weighted by molar-refractivity contribution is 7.13. The van der Waals surface area contributed by atoms with Gasteiger partial charge in [0.15, 0.2) is 0 Å². The Morgan fingerprint density at radius 1 is 1.61 bits per heavy atom. The first kappa shape index (κ1) is 12.8. The van der Waals surface area contributed by atoms with E-state index in [1.165, 1.54) is 11.3 Å². The van der Waals surface area contributed by atoms with Crippen molar-refractivity contribution in [3.63, 3.8) is 0 Å². The molecule has 0 aromatic carbocycles. The summed E-state index contributed by atoms with van der Waals surface area (Å²) in [5.41, 5.74) is 0. The van der Waals surface area contributed by atoms with Gasteiger partial charge in [-0.05, 0) is 25.1 Å². The zero-order valence-corrected chi connectivity index (χ0v) is 10.9. The van der Waals surface area contributed by atoms with Gasteiger partial charge in [-0.15, -0.1) is 11.3 Å². The molecule has 0 aliphatic rings. The van der Waals surface area contributed by atoms with Crippen LogP contribution in [0.3, 0.4) is 0 Å². The second kappa shape index (κ2) is 5.79. The van der Waals surface area contributed by atoms with Crippen LogP contribution in [0.4, 0.5) is 0 Å².